The first-order chi connectivity index (χ1) is 9.34. The number of anilines is 1. The number of azo groups is 1. The maximum atomic E-state index is 8.77. The first-order valence-electron chi connectivity index (χ1n) is 5.48. The highest BCUT2D eigenvalue weighted by Gasteiger charge is 1.95. The van der Waals surface area contributed by atoms with Crippen LogP contribution in [0.25, 0.3) is 0 Å². The van der Waals surface area contributed by atoms with Crippen LogP contribution in [0.15, 0.2) is 59.7 Å². The number of nitrogens with zero attached hydrogens (tertiary/aromatic N) is 1. The van der Waals surface area contributed by atoms with Crippen molar-refractivity contribution in [2.24, 2.45) is 5.11 Å². The van der Waals surface area contributed by atoms with Crippen molar-refractivity contribution in [3.63, 3.8) is 0 Å². The van der Waals surface area contributed by atoms with Crippen molar-refractivity contribution in [3.8, 4) is 0 Å². The Morgan fingerprint density at radius 1 is 1.05 bits per heavy atom. The lowest BCUT2D eigenvalue weighted by molar-refractivity contribution is -0.433. The highest BCUT2D eigenvalue weighted by atomic mass is 31.2. The lowest BCUT2D eigenvalue weighted by Crippen LogP contribution is -2.57. The summed E-state index contributed by atoms with van der Waals surface area (Å²) in [5.41, 5.74) is 8.15. The van der Waals surface area contributed by atoms with E-state index >= 15 is 0 Å². The molecule has 5 N–H and O–H groups in total. The average molecular weight is 295 g/mol. The molecule has 0 heterocycles. The molecule has 0 bridgehead atoms. The summed E-state index contributed by atoms with van der Waals surface area (Å²) in [7, 11) is -4.89. The van der Waals surface area contributed by atoms with Crippen molar-refractivity contribution in [3.05, 3.63) is 54.6 Å². The van der Waals surface area contributed by atoms with Gasteiger partial charge in [0.2, 0.25) is 5.69 Å². The molecule has 7 nitrogen and oxygen atoms in total. The van der Waals surface area contributed by atoms with Gasteiger partial charge >= 0.3 is 0 Å². The summed E-state index contributed by atoms with van der Waals surface area (Å²) < 4.78 is 8.77. The van der Waals surface area contributed by atoms with Crippen LogP contribution in [0.1, 0.15) is 0 Å². The fourth-order valence-corrected chi connectivity index (χ4v) is 1.19. The number of nitrogens with one attached hydrogen (secondary N) is 1. The quantitative estimate of drug-likeness (QED) is 0.357. The number of phosphoric acid groups is 1. The second-order valence-electron chi connectivity index (χ2n) is 3.67. The van der Waals surface area contributed by atoms with E-state index in [1.807, 2.05) is 54.6 Å². The summed E-state index contributed by atoms with van der Waals surface area (Å²) >= 11 is 0. The summed E-state index contributed by atoms with van der Waals surface area (Å²) in [4.78, 5) is 22.9. The van der Waals surface area contributed by atoms with Gasteiger partial charge in [0.1, 0.15) is 5.69 Å². The average Bonchev–Trinajstić information content (AvgIpc) is 2.37. The van der Waals surface area contributed by atoms with Crippen molar-refractivity contribution in [2.75, 3.05) is 5.73 Å². The van der Waals surface area contributed by atoms with Gasteiger partial charge in [-0.1, -0.05) is 23.3 Å². The monoisotopic (exact) mass is 295 g/mol. The third-order valence-corrected chi connectivity index (χ3v) is 1.98. The predicted molar refractivity (Wildman–Crippen MR) is 72.1 cm³/mol. The molecule has 2 aromatic carbocycles. The molecule has 0 spiro atoms. The van der Waals surface area contributed by atoms with Gasteiger partial charge in [0.25, 0.3) is 7.82 Å². The fraction of sp³-hybridized carbons (Fsp3) is 0. The van der Waals surface area contributed by atoms with Gasteiger partial charge in [-0.25, -0.2) is 0 Å². The molecule has 8 heteroatoms. The van der Waals surface area contributed by atoms with Crippen LogP contribution in [-0.2, 0) is 4.57 Å². The van der Waals surface area contributed by atoms with Crippen molar-refractivity contribution in [2.45, 2.75) is 0 Å². The second kappa shape index (κ2) is 7.52. The van der Waals surface area contributed by atoms with E-state index in [4.69, 9.17) is 25.0 Å². The van der Waals surface area contributed by atoms with Crippen LogP contribution < -0.4 is 15.7 Å². The Labute approximate surface area is 115 Å². The molecular weight excluding hydrogens is 281 g/mol. The van der Waals surface area contributed by atoms with Gasteiger partial charge in [0.15, 0.2) is 0 Å². The lowest BCUT2D eigenvalue weighted by atomic mass is 10.3. The molecule has 2 rings (SSSR count). The predicted octanol–water partition coefficient (Wildman–Crippen LogP) is 0.204. The molecule has 0 fully saturated rings. The number of hydrogen-bond acceptors (Lipinski definition) is 4. The smallest absolute Gasteiger partial charge is 0.262 e. The van der Waals surface area contributed by atoms with Gasteiger partial charge in [-0.05, 0) is 29.4 Å². The molecule has 0 amide bonds. The zero-order chi connectivity index (χ0) is 15.0. The molecular formula is C12H14N3O4P. The molecule has 106 valence electrons. The van der Waals surface area contributed by atoms with E-state index in [0.29, 0.717) is 0 Å². The number of rotatable bonds is 2. The molecule has 0 aliphatic rings. The van der Waals surface area contributed by atoms with E-state index in [2.05, 4.69) is 10.2 Å². The molecule has 0 atom stereocenters. The number of benzene rings is 2. The lowest BCUT2D eigenvalue weighted by Gasteiger charge is -2.01. The molecule has 2 aromatic rings. The molecule has 0 saturated carbocycles. The zero-order valence-electron chi connectivity index (χ0n) is 10.4. The normalized spacial score (nSPS) is 10.9. The van der Waals surface area contributed by atoms with Crippen LogP contribution in [0.2, 0.25) is 0 Å². The standard InChI is InChI=1S/C12H11N3.H3O4P/c13-10-6-8-12(9-7-10)15-14-11-4-2-1-3-5-11;1-5(2,3)4/h1-9H,13H2;(H3,1,2,3,4). The van der Waals surface area contributed by atoms with Crippen LogP contribution in [-0.4, -0.2) is 9.79 Å². The Balaban J connectivity index is 0.000000347. The first kappa shape index (κ1) is 16.0. The minimum absolute atomic E-state index is 0.750. The topological polar surface area (TPSA) is 133 Å². The maximum absolute atomic E-state index is 8.77. The SMILES string of the molecule is Nc1ccc([NH+]=Nc2ccccc2)cc1.O=P([O-])(O)O. The third kappa shape index (κ3) is 8.12. The Morgan fingerprint density at radius 2 is 1.55 bits per heavy atom. The molecule has 0 aliphatic carbocycles. The van der Waals surface area contributed by atoms with Gasteiger partial charge in [-0.15, -0.1) is 0 Å². The highest BCUT2D eigenvalue weighted by Crippen LogP contribution is 2.19. The van der Waals surface area contributed by atoms with Gasteiger partial charge in [-0.2, -0.15) is 0 Å². The van der Waals surface area contributed by atoms with E-state index in [-0.39, 0.29) is 0 Å². The third-order valence-electron chi connectivity index (χ3n) is 1.98. The second-order valence-corrected chi connectivity index (χ2v) is 4.65. The molecule has 0 radical (unpaired) electrons. The molecule has 0 saturated heterocycles. The zero-order valence-corrected chi connectivity index (χ0v) is 11.3. The van der Waals surface area contributed by atoms with Gasteiger partial charge in [0.05, 0.1) is 0 Å². The maximum Gasteiger partial charge on any atom is 0.262 e. The summed E-state index contributed by atoms with van der Waals surface area (Å²) in [5.74, 6) is 0. The highest BCUT2D eigenvalue weighted by molar-refractivity contribution is 7.43. The van der Waals surface area contributed by atoms with Crippen LogP contribution in [0, 0.1) is 0 Å². The van der Waals surface area contributed by atoms with Crippen molar-refractivity contribution >= 4 is 24.9 Å². The largest absolute Gasteiger partial charge is 0.756 e. The van der Waals surface area contributed by atoms with Crippen molar-refractivity contribution < 1.29 is 24.4 Å². The summed E-state index contributed by atoms with van der Waals surface area (Å²) in [6.45, 7) is 0. The Morgan fingerprint density at radius 3 is 2.05 bits per heavy atom. The van der Waals surface area contributed by atoms with Gasteiger partial charge in [0, 0.05) is 17.8 Å². The number of para-hydroxylation sites is 1. The van der Waals surface area contributed by atoms with E-state index < -0.39 is 7.82 Å². The fourth-order valence-electron chi connectivity index (χ4n) is 1.19. The number of nitrogen functional groups attached to an aromatic ring is 1. The van der Waals surface area contributed by atoms with E-state index in [0.717, 1.165) is 17.1 Å². The molecule has 0 aliphatic heterocycles. The number of nitrogens with two attached hydrogens (primary N) is 1. The van der Waals surface area contributed by atoms with Gasteiger partial charge in [-0.3, -0.25) is 4.57 Å². The minimum Gasteiger partial charge on any atom is -0.756 e. The van der Waals surface area contributed by atoms with E-state index in [1.54, 1.807) is 0 Å². The molecule has 0 unspecified atom stereocenters. The Kier molecular flexibility index (Phi) is 6.02. The van der Waals surface area contributed by atoms with Crippen LogP contribution in [0.5, 0.6) is 0 Å². The van der Waals surface area contributed by atoms with Crippen LogP contribution >= 0.6 is 7.82 Å². The first-order valence-corrected chi connectivity index (χ1v) is 7.01. The summed E-state index contributed by atoms with van der Waals surface area (Å²) in [5, 5.41) is 7.17. The Bertz CT molecular complexity index is 588. The molecule has 20 heavy (non-hydrogen) atoms. The van der Waals surface area contributed by atoms with E-state index in [9.17, 15) is 0 Å². The van der Waals surface area contributed by atoms with Gasteiger partial charge < -0.3 is 20.4 Å². The van der Waals surface area contributed by atoms with Crippen LogP contribution in [0.4, 0.5) is 17.1 Å². The minimum atomic E-state index is -4.89. The Hall–Kier alpha value is -2.05. The summed E-state index contributed by atoms with van der Waals surface area (Å²) in [6, 6.07) is 17.2. The van der Waals surface area contributed by atoms with Crippen molar-refractivity contribution in [1.29, 1.82) is 0 Å². The summed E-state index contributed by atoms with van der Waals surface area (Å²) in [6.07, 6.45) is 0. The molecule has 0 aromatic heterocycles. The van der Waals surface area contributed by atoms with Crippen LogP contribution in [0.3, 0.4) is 0 Å². The number of hydrogen-bond donors (Lipinski definition) is 4. The van der Waals surface area contributed by atoms with E-state index in [1.165, 1.54) is 0 Å². The van der Waals surface area contributed by atoms with Crippen molar-refractivity contribution in [1.82, 2.24) is 0 Å².